The third kappa shape index (κ3) is 4.20. The Morgan fingerprint density at radius 1 is 1.00 bits per heavy atom. The van der Waals surface area contributed by atoms with Crippen molar-refractivity contribution < 1.29 is 18.7 Å². The highest BCUT2D eigenvalue weighted by atomic mass is 16.5. The Hall–Kier alpha value is -3.51. The number of hydrogen-bond donors (Lipinski definition) is 1. The molecule has 3 aromatic carbocycles. The van der Waals surface area contributed by atoms with Crippen LogP contribution in [-0.2, 0) is 11.3 Å². The Morgan fingerprint density at radius 2 is 1.81 bits per heavy atom. The quantitative estimate of drug-likeness (QED) is 0.454. The van der Waals surface area contributed by atoms with Gasteiger partial charge in [0.2, 0.25) is 5.91 Å². The lowest BCUT2D eigenvalue weighted by Crippen LogP contribution is -2.39. The normalized spacial score (nSPS) is 12.3. The van der Waals surface area contributed by atoms with Crippen LogP contribution < -0.4 is 14.8 Å². The van der Waals surface area contributed by atoms with E-state index in [0.29, 0.717) is 23.6 Å². The lowest BCUT2D eigenvalue weighted by atomic mass is 10.1. The van der Waals surface area contributed by atoms with Gasteiger partial charge in [0.25, 0.3) is 0 Å². The molecule has 0 spiro atoms. The molecule has 4 rings (SSSR count). The van der Waals surface area contributed by atoms with Crippen molar-refractivity contribution in [1.82, 2.24) is 4.90 Å². The number of fused-ring (bicyclic) bond motifs is 3. The third-order valence-electron chi connectivity index (χ3n) is 5.56. The van der Waals surface area contributed by atoms with Gasteiger partial charge >= 0.3 is 0 Å². The fourth-order valence-electron chi connectivity index (χ4n) is 3.65. The van der Waals surface area contributed by atoms with E-state index in [0.717, 1.165) is 27.7 Å². The second-order valence-electron chi connectivity index (χ2n) is 7.58. The van der Waals surface area contributed by atoms with Crippen LogP contribution in [0.2, 0.25) is 0 Å². The van der Waals surface area contributed by atoms with Crippen LogP contribution in [0.1, 0.15) is 12.5 Å². The van der Waals surface area contributed by atoms with E-state index in [1.807, 2.05) is 79.5 Å². The number of ether oxygens (including phenoxy) is 2. The average molecular weight is 418 g/mol. The first-order valence-corrected chi connectivity index (χ1v) is 10.1. The molecule has 0 saturated carbocycles. The zero-order valence-electron chi connectivity index (χ0n) is 18.1. The predicted molar refractivity (Wildman–Crippen MR) is 123 cm³/mol. The Kier molecular flexibility index (Phi) is 5.82. The summed E-state index contributed by atoms with van der Waals surface area (Å²) < 4.78 is 16.8. The smallest absolute Gasteiger partial charge is 0.241 e. The number of carbonyl (C=O) groups excluding carboxylic acids is 1. The first kappa shape index (κ1) is 20.8. The summed E-state index contributed by atoms with van der Waals surface area (Å²) in [6.45, 7) is 2.49. The largest absolute Gasteiger partial charge is 0.497 e. The van der Waals surface area contributed by atoms with E-state index in [1.54, 1.807) is 14.2 Å². The third-order valence-corrected chi connectivity index (χ3v) is 5.56. The van der Waals surface area contributed by atoms with Gasteiger partial charge in [0, 0.05) is 23.4 Å². The number of carbonyl (C=O) groups is 1. The van der Waals surface area contributed by atoms with Crippen LogP contribution >= 0.6 is 0 Å². The maximum Gasteiger partial charge on any atom is 0.241 e. The van der Waals surface area contributed by atoms with Crippen molar-refractivity contribution in [1.29, 1.82) is 0 Å². The number of amides is 1. The van der Waals surface area contributed by atoms with E-state index < -0.39 is 0 Å². The number of likely N-dealkylation sites (N-methyl/N-ethyl adjacent to an activating group) is 1. The van der Waals surface area contributed by atoms with Gasteiger partial charge in [-0.05, 0) is 43.8 Å². The van der Waals surface area contributed by atoms with Gasteiger partial charge in [-0.2, -0.15) is 0 Å². The van der Waals surface area contributed by atoms with Crippen molar-refractivity contribution in [3.05, 3.63) is 66.2 Å². The summed E-state index contributed by atoms with van der Waals surface area (Å²) in [4.78, 5) is 15.0. The first-order valence-electron chi connectivity index (χ1n) is 10.1. The fourth-order valence-corrected chi connectivity index (χ4v) is 3.65. The number of benzene rings is 3. The molecule has 0 saturated heterocycles. The number of nitrogens with zero attached hydrogens (tertiary/aromatic N) is 1. The molecule has 0 fully saturated rings. The highest BCUT2D eigenvalue weighted by molar-refractivity contribution is 6.08. The average Bonchev–Trinajstić information content (AvgIpc) is 3.15. The zero-order chi connectivity index (χ0) is 22.0. The van der Waals surface area contributed by atoms with Crippen molar-refractivity contribution in [2.24, 2.45) is 0 Å². The summed E-state index contributed by atoms with van der Waals surface area (Å²) in [5.74, 6) is 1.26. The molecule has 0 aliphatic rings. The number of nitrogens with one attached hydrogen (secondary N) is 1. The number of methoxy groups -OCH3 is 2. The van der Waals surface area contributed by atoms with Gasteiger partial charge in [-0.25, -0.2) is 0 Å². The molecule has 1 N–H and O–H groups in total. The summed E-state index contributed by atoms with van der Waals surface area (Å²) >= 11 is 0. The Balaban J connectivity index is 1.54. The topological polar surface area (TPSA) is 63.9 Å². The summed E-state index contributed by atoms with van der Waals surface area (Å²) in [7, 11) is 5.16. The van der Waals surface area contributed by atoms with E-state index in [9.17, 15) is 4.79 Å². The predicted octanol–water partition coefficient (Wildman–Crippen LogP) is 5.06. The second kappa shape index (κ2) is 8.70. The van der Waals surface area contributed by atoms with E-state index in [4.69, 9.17) is 13.9 Å². The summed E-state index contributed by atoms with van der Waals surface area (Å²) in [5.41, 5.74) is 3.16. The minimum atomic E-state index is -0.359. The van der Waals surface area contributed by atoms with Crippen LogP contribution in [0.15, 0.2) is 65.1 Å². The minimum Gasteiger partial charge on any atom is -0.497 e. The monoisotopic (exact) mass is 418 g/mol. The molecule has 0 aliphatic carbocycles. The molecular weight excluding hydrogens is 392 g/mol. The molecule has 0 aliphatic heterocycles. The Labute approximate surface area is 181 Å². The van der Waals surface area contributed by atoms with Crippen LogP contribution in [0.25, 0.3) is 21.9 Å². The highest BCUT2D eigenvalue weighted by Gasteiger charge is 2.21. The van der Waals surface area contributed by atoms with Gasteiger partial charge in [0.1, 0.15) is 22.7 Å². The molecule has 6 nitrogen and oxygen atoms in total. The van der Waals surface area contributed by atoms with Crippen molar-refractivity contribution in [3.8, 4) is 11.5 Å². The van der Waals surface area contributed by atoms with Gasteiger partial charge < -0.3 is 19.2 Å². The van der Waals surface area contributed by atoms with Crippen molar-refractivity contribution >= 4 is 33.5 Å². The van der Waals surface area contributed by atoms with Gasteiger partial charge in [0.15, 0.2) is 0 Å². The van der Waals surface area contributed by atoms with Crippen molar-refractivity contribution in [2.45, 2.75) is 19.5 Å². The first-order chi connectivity index (χ1) is 15.0. The van der Waals surface area contributed by atoms with E-state index >= 15 is 0 Å². The van der Waals surface area contributed by atoms with Crippen LogP contribution in [0.5, 0.6) is 11.5 Å². The number of furan rings is 1. The standard InChI is InChI=1S/C25H26N2O4/c1-16(27(2)15-17-8-7-9-18(12-17)29-3)25(28)26-21-14-23-20(13-24(21)30-4)19-10-5-6-11-22(19)31-23/h5-14,16H,15H2,1-4H3,(H,26,28)/t16-/m1/s1. The molecule has 31 heavy (non-hydrogen) atoms. The van der Waals surface area contributed by atoms with Gasteiger partial charge in [0.05, 0.1) is 25.9 Å². The van der Waals surface area contributed by atoms with E-state index in [-0.39, 0.29) is 11.9 Å². The van der Waals surface area contributed by atoms with Crippen molar-refractivity contribution in [2.75, 3.05) is 26.6 Å². The molecule has 1 amide bonds. The van der Waals surface area contributed by atoms with Gasteiger partial charge in [-0.1, -0.05) is 30.3 Å². The SMILES string of the molecule is COc1cccc(CN(C)[C@H](C)C(=O)Nc2cc3oc4ccccc4c3cc2OC)c1. The fraction of sp³-hybridized carbons (Fsp3) is 0.240. The van der Waals surface area contributed by atoms with Gasteiger partial charge in [-0.15, -0.1) is 0 Å². The Bertz CT molecular complexity index is 1230. The molecule has 1 atom stereocenters. The van der Waals surface area contributed by atoms with Crippen LogP contribution in [0.4, 0.5) is 5.69 Å². The molecule has 1 aromatic heterocycles. The number of rotatable bonds is 7. The number of para-hydroxylation sites is 1. The summed E-state index contributed by atoms with van der Waals surface area (Å²) in [6, 6.07) is 19.0. The number of hydrogen-bond acceptors (Lipinski definition) is 5. The molecule has 0 radical (unpaired) electrons. The Morgan fingerprint density at radius 3 is 2.58 bits per heavy atom. The lowest BCUT2D eigenvalue weighted by Gasteiger charge is -2.24. The van der Waals surface area contributed by atoms with E-state index in [2.05, 4.69) is 5.32 Å². The summed E-state index contributed by atoms with van der Waals surface area (Å²) in [6.07, 6.45) is 0. The van der Waals surface area contributed by atoms with Crippen LogP contribution in [0.3, 0.4) is 0 Å². The maximum absolute atomic E-state index is 13.0. The highest BCUT2D eigenvalue weighted by Crippen LogP contribution is 2.36. The second-order valence-corrected chi connectivity index (χ2v) is 7.58. The number of anilines is 1. The lowest BCUT2D eigenvalue weighted by molar-refractivity contribution is -0.120. The summed E-state index contributed by atoms with van der Waals surface area (Å²) in [5, 5.41) is 4.96. The molecule has 0 bridgehead atoms. The minimum absolute atomic E-state index is 0.126. The van der Waals surface area contributed by atoms with Crippen molar-refractivity contribution in [3.63, 3.8) is 0 Å². The van der Waals surface area contributed by atoms with Crippen LogP contribution in [-0.4, -0.2) is 38.1 Å². The molecule has 4 aromatic rings. The molecule has 1 heterocycles. The molecule has 160 valence electrons. The van der Waals surface area contributed by atoms with Gasteiger partial charge in [-0.3, -0.25) is 9.69 Å². The van der Waals surface area contributed by atoms with Crippen LogP contribution in [0, 0.1) is 0 Å². The molecule has 6 heteroatoms. The molecule has 0 unspecified atom stereocenters. The zero-order valence-corrected chi connectivity index (χ0v) is 18.1. The maximum atomic E-state index is 13.0. The van der Waals surface area contributed by atoms with E-state index in [1.165, 1.54) is 0 Å². The molecular formula is C25H26N2O4.